The molecule has 5 heteroatoms. The number of nitrogens with zero attached hydrogens (tertiary/aromatic N) is 2. The standard InChI is InChI=1S/C20H21N3O2/c24-17-5-1-13(2-6-17)14-7-20(19-10-21-12-23(19)11-14)25-18-8-15-3-4-16(9-18)22-15/h1-2,5-7,10-12,15-16,18,22,24H,3-4,8-9H2. The highest BCUT2D eigenvalue weighted by atomic mass is 16.5. The van der Waals surface area contributed by atoms with Gasteiger partial charge in [-0.3, -0.25) is 0 Å². The Balaban J connectivity index is 1.50. The van der Waals surface area contributed by atoms with Gasteiger partial charge < -0.3 is 19.6 Å². The third-order valence-electron chi connectivity index (χ3n) is 5.41. The van der Waals surface area contributed by atoms with Crippen LogP contribution in [0.25, 0.3) is 16.6 Å². The number of piperidine rings is 1. The van der Waals surface area contributed by atoms with Crippen molar-refractivity contribution in [2.24, 2.45) is 0 Å². The minimum Gasteiger partial charge on any atom is -0.508 e. The maximum absolute atomic E-state index is 9.52. The number of hydrogen-bond acceptors (Lipinski definition) is 4. The lowest BCUT2D eigenvalue weighted by atomic mass is 10.0. The molecule has 2 aliphatic rings. The van der Waals surface area contributed by atoms with Crippen LogP contribution in [0.1, 0.15) is 25.7 Å². The summed E-state index contributed by atoms with van der Waals surface area (Å²) in [5.41, 5.74) is 3.09. The van der Waals surface area contributed by atoms with Crippen LogP contribution in [0.4, 0.5) is 0 Å². The molecule has 128 valence electrons. The first kappa shape index (κ1) is 14.8. The molecule has 0 spiro atoms. The Bertz CT molecular complexity index is 891. The predicted molar refractivity (Wildman–Crippen MR) is 95.9 cm³/mol. The molecule has 2 N–H and O–H groups in total. The smallest absolute Gasteiger partial charge is 0.146 e. The van der Waals surface area contributed by atoms with E-state index in [9.17, 15) is 5.11 Å². The molecule has 2 aliphatic heterocycles. The molecule has 0 saturated carbocycles. The Hall–Kier alpha value is -2.53. The third-order valence-corrected chi connectivity index (χ3v) is 5.41. The van der Waals surface area contributed by atoms with Crippen molar-refractivity contribution in [2.45, 2.75) is 43.9 Å². The molecule has 0 radical (unpaired) electrons. The van der Waals surface area contributed by atoms with Crippen LogP contribution in [-0.2, 0) is 0 Å². The molecule has 5 nitrogen and oxygen atoms in total. The quantitative estimate of drug-likeness (QED) is 0.770. The monoisotopic (exact) mass is 335 g/mol. The predicted octanol–water partition coefficient (Wildman–Crippen LogP) is 3.37. The van der Waals surface area contributed by atoms with Gasteiger partial charge in [0.15, 0.2) is 0 Å². The van der Waals surface area contributed by atoms with Crippen LogP contribution in [0.15, 0.2) is 49.1 Å². The molecule has 2 atom stereocenters. The first-order valence-electron chi connectivity index (χ1n) is 8.92. The van der Waals surface area contributed by atoms with Gasteiger partial charge in [-0.2, -0.15) is 0 Å². The fraction of sp³-hybridized carbons (Fsp3) is 0.350. The van der Waals surface area contributed by atoms with Crippen molar-refractivity contribution in [3.05, 3.63) is 49.1 Å². The fourth-order valence-electron chi connectivity index (χ4n) is 4.19. The van der Waals surface area contributed by atoms with Crippen molar-refractivity contribution >= 4 is 5.52 Å². The lowest BCUT2D eigenvalue weighted by Gasteiger charge is -2.29. The van der Waals surface area contributed by atoms with Gasteiger partial charge in [0.05, 0.1) is 12.5 Å². The van der Waals surface area contributed by atoms with Gasteiger partial charge in [-0.1, -0.05) is 12.1 Å². The van der Waals surface area contributed by atoms with Crippen LogP contribution in [0.2, 0.25) is 0 Å². The Morgan fingerprint density at radius 3 is 2.60 bits per heavy atom. The van der Waals surface area contributed by atoms with Gasteiger partial charge in [0.2, 0.25) is 0 Å². The number of hydrogen-bond donors (Lipinski definition) is 2. The molecule has 2 aromatic heterocycles. The summed E-state index contributed by atoms with van der Waals surface area (Å²) in [6.07, 6.45) is 10.6. The second kappa shape index (κ2) is 5.77. The van der Waals surface area contributed by atoms with E-state index in [0.29, 0.717) is 12.1 Å². The van der Waals surface area contributed by atoms with Gasteiger partial charge in [0.25, 0.3) is 0 Å². The van der Waals surface area contributed by atoms with Crippen molar-refractivity contribution in [2.75, 3.05) is 0 Å². The largest absolute Gasteiger partial charge is 0.508 e. The van der Waals surface area contributed by atoms with Crippen LogP contribution in [0.3, 0.4) is 0 Å². The average molecular weight is 335 g/mol. The Labute approximate surface area is 146 Å². The molecule has 0 amide bonds. The number of imidazole rings is 1. The van der Waals surface area contributed by atoms with Gasteiger partial charge in [0, 0.05) is 23.8 Å². The number of phenols is 1. The Morgan fingerprint density at radius 1 is 1.08 bits per heavy atom. The summed E-state index contributed by atoms with van der Waals surface area (Å²) in [6, 6.07) is 10.5. The molecule has 25 heavy (non-hydrogen) atoms. The van der Waals surface area contributed by atoms with E-state index in [1.807, 2.05) is 28.9 Å². The van der Waals surface area contributed by atoms with Crippen molar-refractivity contribution in [1.82, 2.24) is 14.7 Å². The van der Waals surface area contributed by atoms with Crippen molar-refractivity contribution in [3.63, 3.8) is 0 Å². The summed E-state index contributed by atoms with van der Waals surface area (Å²) in [6.45, 7) is 0. The van der Waals surface area contributed by atoms with Gasteiger partial charge in [0.1, 0.15) is 23.1 Å². The highest BCUT2D eigenvalue weighted by molar-refractivity contribution is 5.71. The molecule has 2 saturated heterocycles. The maximum atomic E-state index is 9.52. The SMILES string of the molecule is Oc1ccc(-c2cc(OC3CC4CCC(C3)N4)c3cncn3c2)cc1. The van der Waals surface area contributed by atoms with E-state index in [2.05, 4.69) is 16.4 Å². The highest BCUT2D eigenvalue weighted by Gasteiger charge is 2.34. The van der Waals surface area contributed by atoms with Gasteiger partial charge in [-0.05, 0) is 49.4 Å². The number of phenolic OH excluding ortho intramolecular Hbond substituents is 1. The fourth-order valence-corrected chi connectivity index (χ4v) is 4.19. The van der Waals surface area contributed by atoms with Crippen LogP contribution in [0, 0.1) is 0 Å². The van der Waals surface area contributed by atoms with Crippen molar-refractivity contribution in [1.29, 1.82) is 0 Å². The second-order valence-electron chi connectivity index (χ2n) is 7.18. The minimum atomic E-state index is 0.257. The molecule has 2 fully saturated rings. The first-order chi connectivity index (χ1) is 12.2. The summed E-state index contributed by atoms with van der Waals surface area (Å²) < 4.78 is 8.45. The van der Waals surface area contributed by atoms with E-state index >= 15 is 0 Å². The van der Waals surface area contributed by atoms with Gasteiger partial charge >= 0.3 is 0 Å². The van der Waals surface area contributed by atoms with Crippen molar-refractivity contribution < 1.29 is 9.84 Å². The molecule has 4 heterocycles. The summed E-state index contributed by atoms with van der Waals surface area (Å²) in [5, 5.41) is 13.2. The summed E-state index contributed by atoms with van der Waals surface area (Å²) in [5.74, 6) is 1.16. The van der Waals surface area contributed by atoms with E-state index in [4.69, 9.17) is 4.74 Å². The zero-order valence-corrected chi connectivity index (χ0v) is 13.9. The Kier molecular flexibility index (Phi) is 3.41. The highest BCUT2D eigenvalue weighted by Crippen LogP contribution is 2.33. The molecule has 0 aliphatic carbocycles. The van der Waals surface area contributed by atoms with Gasteiger partial charge in [-0.25, -0.2) is 4.98 Å². The zero-order valence-electron chi connectivity index (χ0n) is 13.9. The molecule has 5 rings (SSSR count). The number of ether oxygens (including phenoxy) is 1. The van der Waals surface area contributed by atoms with Crippen LogP contribution in [0.5, 0.6) is 11.5 Å². The summed E-state index contributed by atoms with van der Waals surface area (Å²) in [7, 11) is 0. The van der Waals surface area contributed by atoms with Crippen LogP contribution >= 0.6 is 0 Å². The number of rotatable bonds is 3. The number of fused-ring (bicyclic) bond motifs is 3. The number of pyridine rings is 1. The van der Waals surface area contributed by atoms with E-state index in [1.165, 1.54) is 12.8 Å². The average Bonchev–Trinajstić information content (AvgIpc) is 3.22. The first-order valence-corrected chi connectivity index (χ1v) is 8.92. The van der Waals surface area contributed by atoms with E-state index in [0.717, 1.165) is 35.2 Å². The molecule has 2 bridgehead atoms. The van der Waals surface area contributed by atoms with Gasteiger partial charge in [-0.15, -0.1) is 0 Å². The topological polar surface area (TPSA) is 58.8 Å². The summed E-state index contributed by atoms with van der Waals surface area (Å²) >= 11 is 0. The van der Waals surface area contributed by atoms with Crippen LogP contribution in [-0.4, -0.2) is 32.7 Å². The normalized spacial score (nSPS) is 25.4. The van der Waals surface area contributed by atoms with E-state index in [-0.39, 0.29) is 11.9 Å². The molecule has 3 aromatic rings. The molecule has 1 aromatic carbocycles. The maximum Gasteiger partial charge on any atom is 0.146 e. The minimum absolute atomic E-state index is 0.257. The molecular formula is C20H21N3O2. The molecule has 2 unspecified atom stereocenters. The number of aromatic hydroxyl groups is 1. The number of benzene rings is 1. The summed E-state index contributed by atoms with van der Waals surface area (Å²) in [4.78, 5) is 4.28. The molecular weight excluding hydrogens is 314 g/mol. The van der Waals surface area contributed by atoms with E-state index < -0.39 is 0 Å². The lowest BCUT2D eigenvalue weighted by Crippen LogP contribution is -2.42. The zero-order chi connectivity index (χ0) is 16.8. The number of nitrogens with one attached hydrogen (secondary N) is 1. The number of aromatic nitrogens is 2. The Morgan fingerprint density at radius 2 is 1.84 bits per heavy atom. The second-order valence-corrected chi connectivity index (χ2v) is 7.18. The van der Waals surface area contributed by atoms with E-state index in [1.54, 1.807) is 18.5 Å². The third kappa shape index (κ3) is 2.74. The van der Waals surface area contributed by atoms with Crippen LogP contribution < -0.4 is 10.1 Å². The van der Waals surface area contributed by atoms with Crippen molar-refractivity contribution in [3.8, 4) is 22.6 Å². The lowest BCUT2D eigenvalue weighted by molar-refractivity contribution is 0.139.